The second-order valence-corrected chi connectivity index (χ2v) is 6.90. The number of carbonyl (C=O) groups is 2. The van der Waals surface area contributed by atoms with Gasteiger partial charge >= 0.3 is 5.97 Å². The number of carboxylic acids is 1. The molecule has 7 heteroatoms. The summed E-state index contributed by atoms with van der Waals surface area (Å²) in [6.45, 7) is 0.842. The van der Waals surface area contributed by atoms with Crippen LogP contribution in [0.3, 0.4) is 0 Å². The largest absolute Gasteiger partial charge is 0.489 e. The molecule has 1 N–H and O–H groups in total. The number of hydrogen-bond acceptors (Lipinski definition) is 5. The summed E-state index contributed by atoms with van der Waals surface area (Å²) in [5, 5.41) is 8.60. The molecule has 0 aromatic heterocycles. The monoisotopic (exact) mass is 365 g/mol. The van der Waals surface area contributed by atoms with Crippen molar-refractivity contribution in [3.05, 3.63) is 41.3 Å². The van der Waals surface area contributed by atoms with E-state index in [1.165, 1.54) is 11.8 Å². The van der Waals surface area contributed by atoms with Crippen molar-refractivity contribution in [1.29, 1.82) is 0 Å². The van der Waals surface area contributed by atoms with Crippen LogP contribution >= 0.6 is 24.0 Å². The summed E-state index contributed by atoms with van der Waals surface area (Å²) in [6, 6.07) is 9.40. The van der Waals surface area contributed by atoms with E-state index in [4.69, 9.17) is 22.1 Å². The van der Waals surface area contributed by atoms with Crippen molar-refractivity contribution in [1.82, 2.24) is 4.90 Å². The molecule has 128 valence electrons. The maximum Gasteiger partial charge on any atom is 0.303 e. The molecule has 0 radical (unpaired) electrons. The van der Waals surface area contributed by atoms with Crippen molar-refractivity contribution < 1.29 is 19.4 Å². The van der Waals surface area contributed by atoms with E-state index in [-0.39, 0.29) is 12.3 Å². The predicted octanol–water partition coefficient (Wildman–Crippen LogP) is 3.45. The van der Waals surface area contributed by atoms with Crippen LogP contribution in [0.5, 0.6) is 5.75 Å². The van der Waals surface area contributed by atoms with Crippen LogP contribution in [0.25, 0.3) is 0 Å². The van der Waals surface area contributed by atoms with Crippen LogP contribution in [0, 0.1) is 0 Å². The fourth-order valence-corrected chi connectivity index (χ4v) is 3.45. The molecular formula is C17H19NO4S2. The van der Waals surface area contributed by atoms with E-state index in [0.29, 0.717) is 28.8 Å². The van der Waals surface area contributed by atoms with Crippen molar-refractivity contribution in [3.8, 4) is 5.75 Å². The summed E-state index contributed by atoms with van der Waals surface area (Å²) in [6.07, 6.45) is 4.03. The minimum absolute atomic E-state index is 0.0973. The van der Waals surface area contributed by atoms with E-state index >= 15 is 0 Å². The number of carbonyl (C=O) groups excluding carboxylic acids is 1. The van der Waals surface area contributed by atoms with Gasteiger partial charge in [-0.1, -0.05) is 48.6 Å². The van der Waals surface area contributed by atoms with Crippen LogP contribution in [0.4, 0.5) is 0 Å². The van der Waals surface area contributed by atoms with E-state index in [9.17, 15) is 9.59 Å². The Balaban J connectivity index is 1.77. The highest BCUT2D eigenvalue weighted by atomic mass is 32.2. The van der Waals surface area contributed by atoms with Gasteiger partial charge in [0.05, 0.1) is 4.91 Å². The Morgan fingerprint density at radius 1 is 1.25 bits per heavy atom. The van der Waals surface area contributed by atoms with E-state index in [1.54, 1.807) is 11.0 Å². The SMILES string of the molecule is O=C(O)CCCCCN1C(=O)C(=CCOc2ccccc2)SC1=S. The zero-order valence-electron chi connectivity index (χ0n) is 13.1. The number of ether oxygens (including phenoxy) is 1. The third-order valence-corrected chi connectivity index (χ3v) is 4.83. The summed E-state index contributed by atoms with van der Waals surface area (Å²) in [4.78, 5) is 25.0. The number of para-hydroxylation sites is 1. The summed E-state index contributed by atoms with van der Waals surface area (Å²) < 4.78 is 6.11. The number of amides is 1. The highest BCUT2D eigenvalue weighted by molar-refractivity contribution is 8.26. The molecule has 24 heavy (non-hydrogen) atoms. The van der Waals surface area contributed by atoms with Crippen molar-refractivity contribution in [2.24, 2.45) is 0 Å². The van der Waals surface area contributed by atoms with E-state index in [1.807, 2.05) is 30.3 Å². The molecule has 0 unspecified atom stereocenters. The van der Waals surface area contributed by atoms with E-state index < -0.39 is 5.97 Å². The molecule has 1 aromatic carbocycles. The fraction of sp³-hybridized carbons (Fsp3) is 0.353. The summed E-state index contributed by atoms with van der Waals surface area (Å²) in [5.74, 6) is -0.135. The molecule has 0 bridgehead atoms. The maximum absolute atomic E-state index is 12.3. The third kappa shape index (κ3) is 5.65. The number of hydrogen-bond donors (Lipinski definition) is 1. The van der Waals surface area contributed by atoms with Gasteiger partial charge in [-0.05, 0) is 31.1 Å². The van der Waals surface area contributed by atoms with Gasteiger partial charge in [-0.3, -0.25) is 14.5 Å². The minimum Gasteiger partial charge on any atom is -0.489 e. The molecule has 1 amide bonds. The molecule has 0 spiro atoms. The first kappa shape index (κ1) is 18.5. The minimum atomic E-state index is -0.790. The van der Waals surface area contributed by atoms with Gasteiger partial charge in [-0.25, -0.2) is 0 Å². The summed E-state index contributed by atoms with van der Waals surface area (Å²) in [5.41, 5.74) is 0. The predicted molar refractivity (Wildman–Crippen MR) is 98.0 cm³/mol. The molecule has 1 aliphatic rings. The molecule has 1 aromatic rings. The molecular weight excluding hydrogens is 346 g/mol. The fourth-order valence-electron chi connectivity index (χ4n) is 2.18. The second-order valence-electron chi connectivity index (χ2n) is 5.22. The van der Waals surface area contributed by atoms with Gasteiger partial charge in [-0.15, -0.1) is 0 Å². The number of aliphatic carboxylic acids is 1. The zero-order valence-corrected chi connectivity index (χ0v) is 14.8. The van der Waals surface area contributed by atoms with Gasteiger partial charge in [0.15, 0.2) is 0 Å². The normalized spacial score (nSPS) is 16.0. The first-order chi connectivity index (χ1) is 11.6. The maximum atomic E-state index is 12.3. The molecule has 0 atom stereocenters. The van der Waals surface area contributed by atoms with Gasteiger partial charge in [0, 0.05) is 13.0 Å². The average molecular weight is 365 g/mol. The number of carboxylic acid groups (broad SMARTS) is 1. The van der Waals surface area contributed by atoms with Crippen LogP contribution in [0.1, 0.15) is 25.7 Å². The first-order valence-corrected chi connectivity index (χ1v) is 8.94. The first-order valence-electron chi connectivity index (χ1n) is 7.71. The Morgan fingerprint density at radius 3 is 2.71 bits per heavy atom. The Bertz CT molecular complexity index is 631. The van der Waals surface area contributed by atoms with Crippen LogP contribution in [0.15, 0.2) is 41.3 Å². The van der Waals surface area contributed by atoms with Gasteiger partial charge in [0.25, 0.3) is 5.91 Å². The highest BCUT2D eigenvalue weighted by Crippen LogP contribution is 2.31. The lowest BCUT2D eigenvalue weighted by molar-refractivity contribution is -0.137. The van der Waals surface area contributed by atoms with Crippen LogP contribution in [0.2, 0.25) is 0 Å². The van der Waals surface area contributed by atoms with Gasteiger partial charge in [0.2, 0.25) is 0 Å². The topological polar surface area (TPSA) is 66.8 Å². The van der Waals surface area contributed by atoms with Gasteiger partial charge < -0.3 is 9.84 Å². The van der Waals surface area contributed by atoms with Crippen molar-refractivity contribution >= 4 is 40.2 Å². The lowest BCUT2D eigenvalue weighted by Crippen LogP contribution is -2.29. The molecule has 0 aliphatic carbocycles. The molecule has 5 nitrogen and oxygen atoms in total. The molecule has 2 rings (SSSR count). The lowest BCUT2D eigenvalue weighted by Gasteiger charge is -2.13. The number of thioether (sulfide) groups is 1. The number of unbranched alkanes of at least 4 members (excludes halogenated alkanes) is 2. The quantitative estimate of drug-likeness (QED) is 0.411. The average Bonchev–Trinajstić information content (AvgIpc) is 2.82. The van der Waals surface area contributed by atoms with Crippen LogP contribution < -0.4 is 4.74 Å². The Morgan fingerprint density at radius 2 is 2.00 bits per heavy atom. The standard InChI is InChI=1S/C17H19NO4S2/c19-15(20)9-5-2-6-11-18-16(21)14(24-17(18)23)10-12-22-13-7-3-1-4-8-13/h1,3-4,7-8,10H,2,5-6,9,11-12H2,(H,19,20). The smallest absolute Gasteiger partial charge is 0.303 e. The molecule has 0 saturated carbocycles. The summed E-state index contributed by atoms with van der Waals surface area (Å²) >= 11 is 6.53. The number of nitrogens with zero attached hydrogens (tertiary/aromatic N) is 1. The molecule has 1 fully saturated rings. The lowest BCUT2D eigenvalue weighted by atomic mass is 10.2. The summed E-state index contributed by atoms with van der Waals surface area (Å²) in [7, 11) is 0. The van der Waals surface area contributed by atoms with E-state index in [2.05, 4.69) is 0 Å². The number of thiocarbonyl (C=S) groups is 1. The molecule has 1 aliphatic heterocycles. The number of benzene rings is 1. The zero-order chi connectivity index (χ0) is 17.4. The van der Waals surface area contributed by atoms with Gasteiger partial charge in [-0.2, -0.15) is 0 Å². The van der Waals surface area contributed by atoms with E-state index in [0.717, 1.165) is 18.6 Å². The Hall–Kier alpha value is -1.86. The number of rotatable bonds is 9. The van der Waals surface area contributed by atoms with Crippen molar-refractivity contribution in [2.75, 3.05) is 13.2 Å². The molecule has 1 heterocycles. The van der Waals surface area contributed by atoms with Crippen molar-refractivity contribution in [3.63, 3.8) is 0 Å². The van der Waals surface area contributed by atoms with Crippen LogP contribution in [-0.2, 0) is 9.59 Å². The second kappa shape index (κ2) is 9.44. The Labute approximate surface area is 150 Å². The highest BCUT2D eigenvalue weighted by Gasteiger charge is 2.31. The van der Waals surface area contributed by atoms with Crippen LogP contribution in [-0.4, -0.2) is 39.4 Å². The Kier molecular flexibility index (Phi) is 7.27. The van der Waals surface area contributed by atoms with Crippen molar-refractivity contribution in [2.45, 2.75) is 25.7 Å². The molecule has 1 saturated heterocycles. The van der Waals surface area contributed by atoms with Gasteiger partial charge in [0.1, 0.15) is 16.7 Å². The third-order valence-electron chi connectivity index (χ3n) is 3.41.